The van der Waals surface area contributed by atoms with Gasteiger partial charge in [0.15, 0.2) is 0 Å². The van der Waals surface area contributed by atoms with Gasteiger partial charge in [-0.3, -0.25) is 9.88 Å². The van der Waals surface area contributed by atoms with E-state index in [1.165, 1.54) is 5.56 Å². The van der Waals surface area contributed by atoms with Crippen LogP contribution in [0.25, 0.3) is 0 Å². The van der Waals surface area contributed by atoms with Gasteiger partial charge in [0.25, 0.3) is 0 Å². The van der Waals surface area contributed by atoms with Gasteiger partial charge in [-0.2, -0.15) is 0 Å². The molecule has 0 bridgehead atoms. The molecule has 2 heterocycles. The third kappa shape index (κ3) is 3.83. The lowest BCUT2D eigenvalue weighted by molar-refractivity contribution is 0.153. The number of aryl methyl sites for hydroxylation is 1. The summed E-state index contributed by atoms with van der Waals surface area (Å²) in [4.78, 5) is 6.48. The normalized spacial score (nSPS) is 18.7. The molecule has 5 heteroatoms. The third-order valence-electron chi connectivity index (χ3n) is 4.07. The Morgan fingerprint density at radius 2 is 2.05 bits per heavy atom. The van der Waals surface area contributed by atoms with Crippen LogP contribution in [0.3, 0.4) is 0 Å². The number of rotatable bonds is 3. The van der Waals surface area contributed by atoms with E-state index in [2.05, 4.69) is 27.3 Å². The molecule has 1 aromatic heterocycles. The molecule has 1 unspecified atom stereocenters. The van der Waals surface area contributed by atoms with E-state index < -0.39 is 0 Å². The maximum absolute atomic E-state index is 13.7. The highest BCUT2D eigenvalue weighted by Crippen LogP contribution is 2.24. The Morgan fingerprint density at radius 1 is 1.27 bits per heavy atom. The molecule has 1 aliphatic rings. The van der Waals surface area contributed by atoms with Crippen LogP contribution in [0.5, 0.6) is 0 Å². The Kier molecular flexibility index (Phi) is 5.89. The van der Waals surface area contributed by atoms with Crippen LogP contribution < -0.4 is 5.32 Å². The maximum Gasteiger partial charge on any atom is 0.126 e. The number of hydrogen-bond acceptors (Lipinski definition) is 3. The highest BCUT2D eigenvalue weighted by atomic mass is 35.5. The van der Waals surface area contributed by atoms with Gasteiger partial charge in [0.05, 0.1) is 0 Å². The molecular formula is C17H21ClFN3. The van der Waals surface area contributed by atoms with Gasteiger partial charge in [-0.15, -0.1) is 12.4 Å². The Hall–Kier alpha value is -1.49. The van der Waals surface area contributed by atoms with Crippen molar-refractivity contribution in [2.24, 2.45) is 0 Å². The van der Waals surface area contributed by atoms with Crippen LogP contribution in [0, 0.1) is 12.7 Å². The summed E-state index contributed by atoms with van der Waals surface area (Å²) in [5.41, 5.74) is 2.98. The molecule has 0 amide bonds. The summed E-state index contributed by atoms with van der Waals surface area (Å²) in [7, 11) is 0. The van der Waals surface area contributed by atoms with Crippen LogP contribution in [0.4, 0.5) is 4.39 Å². The molecular weight excluding hydrogens is 301 g/mol. The van der Waals surface area contributed by atoms with E-state index in [0.29, 0.717) is 11.6 Å². The van der Waals surface area contributed by atoms with Crippen molar-refractivity contribution in [3.8, 4) is 0 Å². The van der Waals surface area contributed by atoms with E-state index in [1.807, 2.05) is 24.5 Å². The maximum atomic E-state index is 13.7. The van der Waals surface area contributed by atoms with Crippen LogP contribution in [0.1, 0.15) is 22.7 Å². The first kappa shape index (κ1) is 16.9. The molecule has 3 nitrogen and oxygen atoms in total. The monoisotopic (exact) mass is 321 g/mol. The van der Waals surface area contributed by atoms with Crippen LogP contribution in [0.15, 0.2) is 42.7 Å². The largest absolute Gasteiger partial charge is 0.314 e. The molecule has 2 aromatic rings. The number of nitrogens with one attached hydrogen (secondary N) is 1. The SMILES string of the molecule is Cc1ccc(CN2CCNCC2c2ccncc2)cc1F.Cl. The van der Waals surface area contributed by atoms with Crippen molar-refractivity contribution in [2.45, 2.75) is 19.5 Å². The van der Waals surface area contributed by atoms with Crippen LogP contribution in [-0.2, 0) is 6.54 Å². The molecule has 1 N–H and O–H groups in total. The first-order valence-electron chi connectivity index (χ1n) is 7.34. The Balaban J connectivity index is 0.00000176. The number of halogens is 2. The zero-order valence-electron chi connectivity index (χ0n) is 12.6. The van der Waals surface area contributed by atoms with Crippen molar-refractivity contribution < 1.29 is 4.39 Å². The summed E-state index contributed by atoms with van der Waals surface area (Å²) in [6.45, 7) is 5.41. The lowest BCUT2D eigenvalue weighted by Crippen LogP contribution is -2.45. The fraction of sp³-hybridized carbons (Fsp3) is 0.353. The molecule has 1 fully saturated rings. The topological polar surface area (TPSA) is 28.2 Å². The second kappa shape index (κ2) is 7.68. The van der Waals surface area contributed by atoms with Crippen molar-refractivity contribution in [1.82, 2.24) is 15.2 Å². The Bertz CT molecular complexity index is 606. The molecule has 22 heavy (non-hydrogen) atoms. The molecule has 0 aliphatic carbocycles. The lowest BCUT2D eigenvalue weighted by Gasteiger charge is -2.36. The van der Waals surface area contributed by atoms with Crippen LogP contribution in [-0.4, -0.2) is 29.5 Å². The van der Waals surface area contributed by atoms with Gasteiger partial charge in [-0.05, 0) is 41.8 Å². The predicted molar refractivity (Wildman–Crippen MR) is 88.6 cm³/mol. The smallest absolute Gasteiger partial charge is 0.126 e. The second-order valence-electron chi connectivity index (χ2n) is 5.55. The van der Waals surface area contributed by atoms with E-state index in [4.69, 9.17) is 0 Å². The van der Waals surface area contributed by atoms with Gasteiger partial charge >= 0.3 is 0 Å². The zero-order chi connectivity index (χ0) is 14.7. The molecule has 118 valence electrons. The molecule has 1 aliphatic heterocycles. The molecule has 1 atom stereocenters. The average Bonchev–Trinajstić information content (AvgIpc) is 2.52. The minimum Gasteiger partial charge on any atom is -0.314 e. The fourth-order valence-corrected chi connectivity index (χ4v) is 2.82. The summed E-state index contributed by atoms with van der Waals surface area (Å²) in [5.74, 6) is -0.122. The average molecular weight is 322 g/mol. The van der Waals surface area contributed by atoms with Crippen LogP contribution in [0.2, 0.25) is 0 Å². The number of aromatic nitrogens is 1. The van der Waals surface area contributed by atoms with Crippen molar-refractivity contribution >= 4 is 12.4 Å². The number of benzene rings is 1. The Labute approximate surface area is 137 Å². The van der Waals surface area contributed by atoms with Gasteiger partial charge in [-0.1, -0.05) is 12.1 Å². The van der Waals surface area contributed by atoms with Crippen molar-refractivity contribution in [2.75, 3.05) is 19.6 Å². The molecule has 3 rings (SSSR count). The van der Waals surface area contributed by atoms with E-state index in [1.54, 1.807) is 13.0 Å². The summed E-state index contributed by atoms with van der Waals surface area (Å²) in [6.07, 6.45) is 3.65. The zero-order valence-corrected chi connectivity index (χ0v) is 13.4. The predicted octanol–water partition coefficient (Wildman–Crippen LogP) is 3.10. The van der Waals surface area contributed by atoms with Crippen molar-refractivity contribution in [3.63, 3.8) is 0 Å². The van der Waals surface area contributed by atoms with E-state index in [9.17, 15) is 4.39 Å². The fourth-order valence-electron chi connectivity index (χ4n) is 2.82. The van der Waals surface area contributed by atoms with Gasteiger partial charge < -0.3 is 5.32 Å². The summed E-state index contributed by atoms with van der Waals surface area (Å²) >= 11 is 0. The highest BCUT2D eigenvalue weighted by Gasteiger charge is 2.23. The van der Waals surface area contributed by atoms with E-state index in [-0.39, 0.29) is 18.2 Å². The summed E-state index contributed by atoms with van der Waals surface area (Å²) in [6, 6.07) is 9.95. The minimum absolute atomic E-state index is 0. The van der Waals surface area contributed by atoms with Gasteiger partial charge in [0, 0.05) is 44.6 Å². The van der Waals surface area contributed by atoms with Crippen LogP contribution >= 0.6 is 12.4 Å². The molecule has 0 radical (unpaired) electrons. The van der Waals surface area contributed by atoms with Gasteiger partial charge in [-0.25, -0.2) is 4.39 Å². The summed E-state index contributed by atoms with van der Waals surface area (Å²) in [5, 5.41) is 3.43. The van der Waals surface area contributed by atoms with Crippen molar-refractivity contribution in [3.05, 3.63) is 65.2 Å². The van der Waals surface area contributed by atoms with Crippen molar-refractivity contribution in [1.29, 1.82) is 0 Å². The third-order valence-corrected chi connectivity index (χ3v) is 4.07. The Morgan fingerprint density at radius 3 is 2.77 bits per heavy atom. The molecule has 1 saturated heterocycles. The number of nitrogens with zero attached hydrogens (tertiary/aromatic N) is 2. The highest BCUT2D eigenvalue weighted by molar-refractivity contribution is 5.85. The first-order chi connectivity index (χ1) is 10.2. The molecule has 0 saturated carbocycles. The van der Waals surface area contributed by atoms with E-state index in [0.717, 1.165) is 31.7 Å². The van der Waals surface area contributed by atoms with Gasteiger partial charge in [0.1, 0.15) is 5.82 Å². The molecule has 0 spiro atoms. The lowest BCUT2D eigenvalue weighted by atomic mass is 10.0. The standard InChI is InChI=1S/C17H20FN3.ClH/c1-13-2-3-14(10-16(13)18)12-21-9-8-20-11-17(21)15-4-6-19-7-5-15;/h2-7,10,17,20H,8-9,11-12H2,1H3;1H. The van der Waals surface area contributed by atoms with Gasteiger partial charge in [0.2, 0.25) is 0 Å². The first-order valence-corrected chi connectivity index (χ1v) is 7.34. The number of piperazine rings is 1. The quantitative estimate of drug-likeness (QED) is 0.941. The minimum atomic E-state index is -0.122. The van der Waals surface area contributed by atoms with E-state index >= 15 is 0 Å². The summed E-state index contributed by atoms with van der Waals surface area (Å²) < 4.78 is 13.7. The molecule has 1 aromatic carbocycles. The second-order valence-corrected chi connectivity index (χ2v) is 5.55. The number of pyridine rings is 1. The number of hydrogen-bond donors (Lipinski definition) is 1.